The first-order valence-electron chi connectivity index (χ1n) is 8.06. The Labute approximate surface area is 158 Å². The molecular weight excluding hydrogens is 372 g/mol. The van der Waals surface area contributed by atoms with Crippen molar-refractivity contribution in [2.45, 2.75) is 13.0 Å². The first kappa shape index (κ1) is 18.5. The highest BCUT2D eigenvalue weighted by molar-refractivity contribution is 6.30. The molecule has 0 aliphatic rings. The van der Waals surface area contributed by atoms with Crippen molar-refractivity contribution in [1.29, 1.82) is 0 Å². The zero-order chi connectivity index (χ0) is 19.2. The third-order valence-electron chi connectivity index (χ3n) is 3.63. The van der Waals surface area contributed by atoms with Gasteiger partial charge in [-0.05, 0) is 30.3 Å². The number of benzene rings is 2. The normalized spacial score (nSPS) is 10.6. The van der Waals surface area contributed by atoms with Gasteiger partial charge in [0.25, 0.3) is 11.5 Å². The Morgan fingerprint density at radius 3 is 2.78 bits per heavy atom. The maximum absolute atomic E-state index is 12.3. The molecule has 1 N–H and O–H groups in total. The van der Waals surface area contributed by atoms with E-state index in [1.54, 1.807) is 48.5 Å². The topological polar surface area (TPSA) is 103 Å². The van der Waals surface area contributed by atoms with Gasteiger partial charge >= 0.3 is 5.97 Å². The molecule has 1 aromatic heterocycles. The van der Waals surface area contributed by atoms with E-state index in [0.29, 0.717) is 21.6 Å². The maximum Gasteiger partial charge on any atom is 0.308 e. The summed E-state index contributed by atoms with van der Waals surface area (Å²) in [7, 11) is 0. The number of halogens is 1. The Morgan fingerprint density at radius 2 is 1.96 bits per heavy atom. The molecule has 0 radical (unpaired) electrons. The number of esters is 1. The minimum Gasteiger partial charge on any atom is -0.456 e. The molecule has 0 unspecified atom stereocenters. The van der Waals surface area contributed by atoms with Gasteiger partial charge in [0.1, 0.15) is 5.52 Å². The van der Waals surface area contributed by atoms with Crippen LogP contribution < -0.4 is 10.9 Å². The number of nitrogens with one attached hydrogen (secondary N) is 1. The smallest absolute Gasteiger partial charge is 0.308 e. The molecule has 3 rings (SSSR count). The highest BCUT2D eigenvalue weighted by atomic mass is 35.5. The first-order chi connectivity index (χ1) is 13.0. The third-order valence-corrected chi connectivity index (χ3v) is 3.86. The van der Waals surface area contributed by atoms with E-state index in [4.69, 9.17) is 16.3 Å². The summed E-state index contributed by atoms with van der Waals surface area (Å²) in [4.78, 5) is 35.9. The Morgan fingerprint density at radius 1 is 1.15 bits per heavy atom. The van der Waals surface area contributed by atoms with Gasteiger partial charge in [0.2, 0.25) is 0 Å². The van der Waals surface area contributed by atoms with Gasteiger partial charge in [-0.15, -0.1) is 5.10 Å². The molecule has 0 atom stereocenters. The summed E-state index contributed by atoms with van der Waals surface area (Å²) >= 11 is 5.83. The second-order valence-electron chi connectivity index (χ2n) is 5.60. The molecule has 8 nitrogen and oxygen atoms in total. The van der Waals surface area contributed by atoms with E-state index >= 15 is 0 Å². The summed E-state index contributed by atoms with van der Waals surface area (Å²) in [5.41, 5.74) is 0.646. The fourth-order valence-electron chi connectivity index (χ4n) is 2.35. The van der Waals surface area contributed by atoms with Crippen LogP contribution in [-0.2, 0) is 20.9 Å². The molecule has 0 fully saturated rings. The number of hydrogen-bond acceptors (Lipinski definition) is 6. The standard InChI is InChI=1S/C18H15ClN4O4/c19-12-4-3-5-13(10-12)20-16(24)11-27-17(25)8-9-23-18(26)14-6-1-2-7-15(14)21-22-23/h1-7,10H,8-9,11H2,(H,20,24). The van der Waals surface area contributed by atoms with Crippen molar-refractivity contribution in [3.63, 3.8) is 0 Å². The number of fused-ring (bicyclic) bond motifs is 1. The molecule has 138 valence electrons. The van der Waals surface area contributed by atoms with Crippen molar-refractivity contribution < 1.29 is 14.3 Å². The molecule has 1 amide bonds. The van der Waals surface area contributed by atoms with Crippen molar-refractivity contribution in [2.75, 3.05) is 11.9 Å². The van der Waals surface area contributed by atoms with Crippen LogP contribution in [0.2, 0.25) is 5.02 Å². The van der Waals surface area contributed by atoms with E-state index < -0.39 is 18.5 Å². The number of carbonyl (C=O) groups is 2. The lowest BCUT2D eigenvalue weighted by Crippen LogP contribution is -2.26. The molecule has 0 saturated carbocycles. The molecule has 0 aliphatic carbocycles. The number of aromatic nitrogens is 3. The predicted molar refractivity (Wildman–Crippen MR) is 99.5 cm³/mol. The quantitative estimate of drug-likeness (QED) is 0.650. The summed E-state index contributed by atoms with van der Waals surface area (Å²) < 4.78 is 6.00. The van der Waals surface area contributed by atoms with Crippen molar-refractivity contribution >= 4 is 40.1 Å². The number of amides is 1. The number of hydrogen-bond donors (Lipinski definition) is 1. The van der Waals surface area contributed by atoms with Gasteiger partial charge in [0.15, 0.2) is 6.61 Å². The van der Waals surface area contributed by atoms with Crippen LogP contribution in [0.1, 0.15) is 6.42 Å². The van der Waals surface area contributed by atoms with E-state index in [-0.39, 0.29) is 18.5 Å². The average molecular weight is 387 g/mol. The average Bonchev–Trinajstić information content (AvgIpc) is 2.66. The molecule has 0 aliphatic heterocycles. The van der Waals surface area contributed by atoms with Crippen LogP contribution in [0.3, 0.4) is 0 Å². The molecule has 27 heavy (non-hydrogen) atoms. The fraction of sp³-hybridized carbons (Fsp3) is 0.167. The number of carbonyl (C=O) groups excluding carboxylic acids is 2. The summed E-state index contributed by atoms with van der Waals surface area (Å²) in [6.07, 6.45) is -0.114. The van der Waals surface area contributed by atoms with Crippen LogP contribution in [-0.4, -0.2) is 33.5 Å². The third kappa shape index (κ3) is 4.89. The molecule has 2 aromatic carbocycles. The molecule has 3 aromatic rings. The number of aryl methyl sites for hydroxylation is 1. The van der Waals surface area contributed by atoms with Crippen LogP contribution in [0.25, 0.3) is 10.9 Å². The Hall–Kier alpha value is -3.26. The SMILES string of the molecule is O=C(COC(=O)CCn1nnc2ccccc2c1=O)Nc1cccc(Cl)c1. The molecule has 1 heterocycles. The molecule has 0 bridgehead atoms. The fourth-order valence-corrected chi connectivity index (χ4v) is 2.54. The summed E-state index contributed by atoms with van der Waals surface area (Å²) in [6, 6.07) is 13.4. The van der Waals surface area contributed by atoms with Crippen LogP contribution in [0.5, 0.6) is 0 Å². The van der Waals surface area contributed by atoms with Crippen molar-refractivity contribution in [3.8, 4) is 0 Å². The highest BCUT2D eigenvalue weighted by Crippen LogP contribution is 2.14. The van der Waals surface area contributed by atoms with Crippen LogP contribution >= 0.6 is 11.6 Å². The minimum absolute atomic E-state index is 0.00537. The maximum atomic E-state index is 12.3. The Bertz CT molecular complexity index is 1050. The van der Waals surface area contributed by atoms with Gasteiger partial charge in [-0.1, -0.05) is 35.0 Å². The summed E-state index contributed by atoms with van der Waals surface area (Å²) in [6.45, 7) is -0.435. The first-order valence-corrected chi connectivity index (χ1v) is 8.44. The van der Waals surface area contributed by atoms with E-state index in [2.05, 4.69) is 15.6 Å². The van der Waals surface area contributed by atoms with Crippen molar-refractivity contribution in [3.05, 3.63) is 63.9 Å². The lowest BCUT2D eigenvalue weighted by atomic mass is 10.2. The van der Waals surface area contributed by atoms with Gasteiger partial charge < -0.3 is 10.1 Å². The van der Waals surface area contributed by atoms with Gasteiger partial charge in [0, 0.05) is 10.7 Å². The van der Waals surface area contributed by atoms with Gasteiger partial charge in [-0.25, -0.2) is 4.68 Å². The lowest BCUT2D eigenvalue weighted by Gasteiger charge is -2.07. The van der Waals surface area contributed by atoms with Crippen LogP contribution in [0, 0.1) is 0 Å². The van der Waals surface area contributed by atoms with Crippen molar-refractivity contribution in [2.24, 2.45) is 0 Å². The largest absolute Gasteiger partial charge is 0.456 e. The van der Waals surface area contributed by atoms with E-state index in [1.807, 2.05) is 0 Å². The second-order valence-corrected chi connectivity index (χ2v) is 6.04. The second kappa shape index (κ2) is 8.41. The zero-order valence-corrected chi connectivity index (χ0v) is 14.8. The number of nitrogens with zero attached hydrogens (tertiary/aromatic N) is 3. The summed E-state index contributed by atoms with van der Waals surface area (Å²) in [5.74, 6) is -1.12. The van der Waals surface area contributed by atoms with E-state index in [1.165, 1.54) is 0 Å². The Balaban J connectivity index is 1.50. The molecule has 0 saturated heterocycles. The zero-order valence-electron chi connectivity index (χ0n) is 14.1. The van der Waals surface area contributed by atoms with Gasteiger partial charge in [0.05, 0.1) is 18.4 Å². The Kier molecular flexibility index (Phi) is 5.77. The minimum atomic E-state index is -0.627. The predicted octanol–water partition coefficient (Wildman–Crippen LogP) is 2.02. The molecular formula is C18H15ClN4O4. The molecule has 9 heteroatoms. The lowest BCUT2D eigenvalue weighted by molar-refractivity contribution is -0.147. The van der Waals surface area contributed by atoms with Crippen LogP contribution in [0.15, 0.2) is 53.3 Å². The van der Waals surface area contributed by atoms with Crippen LogP contribution in [0.4, 0.5) is 5.69 Å². The molecule has 0 spiro atoms. The number of anilines is 1. The van der Waals surface area contributed by atoms with Crippen molar-refractivity contribution in [1.82, 2.24) is 15.0 Å². The van der Waals surface area contributed by atoms with Gasteiger partial charge in [-0.2, -0.15) is 0 Å². The number of rotatable bonds is 6. The highest BCUT2D eigenvalue weighted by Gasteiger charge is 2.11. The summed E-state index contributed by atoms with van der Waals surface area (Å²) in [5, 5.41) is 11.2. The van der Waals surface area contributed by atoms with Gasteiger partial charge in [-0.3, -0.25) is 14.4 Å². The van der Waals surface area contributed by atoms with E-state index in [9.17, 15) is 14.4 Å². The number of ether oxygens (including phenoxy) is 1. The van der Waals surface area contributed by atoms with E-state index in [0.717, 1.165) is 4.68 Å². The monoisotopic (exact) mass is 386 g/mol.